The summed E-state index contributed by atoms with van der Waals surface area (Å²) in [6.45, 7) is 4.35. The number of hydrogen-bond donors (Lipinski definition) is 0. The zero-order valence-electron chi connectivity index (χ0n) is 21.4. The molecule has 184 valence electrons. The Morgan fingerprint density at radius 3 is 1.38 bits per heavy atom. The molecule has 0 spiro atoms. The molecular weight excluding hydrogens is 472 g/mol. The number of halogens is 1. The number of hydrogen-bond acceptors (Lipinski definition) is 2. The molecule has 2 aromatic heterocycles. The Hall–Kier alpha value is -3.75. The Labute approximate surface area is 225 Å². The second kappa shape index (κ2) is 11.5. The van der Waals surface area contributed by atoms with Gasteiger partial charge in [-0.1, -0.05) is 78.3 Å². The summed E-state index contributed by atoms with van der Waals surface area (Å²) in [6, 6.07) is 31.5. The first-order chi connectivity index (χ1) is 18.0. The molecule has 2 nitrogen and oxygen atoms in total. The van der Waals surface area contributed by atoms with Gasteiger partial charge in [0, 0.05) is 28.5 Å². The Kier molecular flexibility index (Phi) is 7.77. The van der Waals surface area contributed by atoms with E-state index in [0.29, 0.717) is 0 Å². The monoisotopic (exact) mass is 502 g/mol. The van der Waals surface area contributed by atoms with Crippen LogP contribution in [0.25, 0.3) is 22.5 Å². The van der Waals surface area contributed by atoms with E-state index >= 15 is 0 Å². The first-order valence-corrected chi connectivity index (χ1v) is 13.2. The topological polar surface area (TPSA) is 25.8 Å². The standard InChI is InChI=1S/C34H31ClN2/c1-24-17-33(28-9-5-3-6-10-28)36-22-30(24)15-13-26-19-27(21-32(35)20-26)14-16-31-23-37-34(18-25(31)2)29-11-7-4-8-12-29/h3-12,17-23H,13-16H2,1-2H3. The lowest BCUT2D eigenvalue weighted by atomic mass is 9.97. The molecule has 5 rings (SSSR count). The van der Waals surface area contributed by atoms with Crippen LogP contribution in [0.15, 0.2) is 103 Å². The fourth-order valence-electron chi connectivity index (χ4n) is 4.79. The Morgan fingerprint density at radius 1 is 0.541 bits per heavy atom. The second-order valence-corrected chi connectivity index (χ2v) is 10.1. The second-order valence-electron chi connectivity index (χ2n) is 9.69. The van der Waals surface area contributed by atoms with E-state index in [2.05, 4.69) is 92.7 Å². The highest BCUT2D eigenvalue weighted by atomic mass is 35.5. The predicted octanol–water partition coefficient (Wildman–Crippen LogP) is 8.65. The maximum Gasteiger partial charge on any atom is 0.0704 e. The van der Waals surface area contributed by atoms with Crippen molar-refractivity contribution >= 4 is 11.6 Å². The maximum absolute atomic E-state index is 6.53. The van der Waals surface area contributed by atoms with Gasteiger partial charge in [0.2, 0.25) is 0 Å². The summed E-state index contributed by atoms with van der Waals surface area (Å²) in [4.78, 5) is 9.44. The number of aromatic nitrogens is 2. The highest BCUT2D eigenvalue weighted by Crippen LogP contribution is 2.24. The van der Waals surface area contributed by atoms with Crippen molar-refractivity contribution in [1.29, 1.82) is 0 Å². The summed E-state index contributed by atoms with van der Waals surface area (Å²) in [7, 11) is 0. The van der Waals surface area contributed by atoms with Gasteiger partial charge in [-0.2, -0.15) is 0 Å². The van der Waals surface area contributed by atoms with Gasteiger partial charge in [0.05, 0.1) is 11.4 Å². The van der Waals surface area contributed by atoms with Crippen LogP contribution in [0, 0.1) is 13.8 Å². The molecule has 0 radical (unpaired) electrons. The molecule has 0 fully saturated rings. The number of nitrogens with zero attached hydrogens (tertiary/aromatic N) is 2. The Bertz CT molecular complexity index is 1380. The Balaban J connectivity index is 1.24. The molecule has 0 saturated heterocycles. The molecule has 0 aliphatic carbocycles. The van der Waals surface area contributed by atoms with Crippen LogP contribution in [-0.4, -0.2) is 9.97 Å². The average molecular weight is 503 g/mol. The Morgan fingerprint density at radius 2 is 0.973 bits per heavy atom. The van der Waals surface area contributed by atoms with E-state index in [1.165, 1.54) is 33.4 Å². The molecule has 2 heterocycles. The first kappa shape index (κ1) is 24.9. The van der Waals surface area contributed by atoms with Crippen molar-refractivity contribution in [2.45, 2.75) is 39.5 Å². The third-order valence-corrected chi connectivity index (χ3v) is 7.18. The van der Waals surface area contributed by atoms with E-state index in [4.69, 9.17) is 21.6 Å². The molecule has 0 saturated carbocycles. The van der Waals surface area contributed by atoms with E-state index < -0.39 is 0 Å². The van der Waals surface area contributed by atoms with Gasteiger partial charge in [0.1, 0.15) is 0 Å². The van der Waals surface area contributed by atoms with Crippen LogP contribution in [0.2, 0.25) is 5.02 Å². The van der Waals surface area contributed by atoms with Crippen molar-refractivity contribution in [1.82, 2.24) is 9.97 Å². The van der Waals surface area contributed by atoms with Gasteiger partial charge < -0.3 is 0 Å². The van der Waals surface area contributed by atoms with Crippen LogP contribution < -0.4 is 0 Å². The van der Waals surface area contributed by atoms with Crippen LogP contribution in [0.4, 0.5) is 0 Å². The van der Waals surface area contributed by atoms with Crippen LogP contribution in [0.1, 0.15) is 33.4 Å². The van der Waals surface area contributed by atoms with Crippen molar-refractivity contribution in [2.24, 2.45) is 0 Å². The van der Waals surface area contributed by atoms with E-state index in [-0.39, 0.29) is 0 Å². The van der Waals surface area contributed by atoms with Gasteiger partial charge in [-0.3, -0.25) is 9.97 Å². The summed E-state index contributed by atoms with van der Waals surface area (Å²) in [5, 5.41) is 0.802. The van der Waals surface area contributed by atoms with Crippen LogP contribution >= 0.6 is 11.6 Å². The van der Waals surface area contributed by atoms with E-state index in [1.807, 2.05) is 24.5 Å². The number of pyridine rings is 2. The third-order valence-electron chi connectivity index (χ3n) is 6.96. The normalized spacial score (nSPS) is 11.0. The average Bonchev–Trinajstić information content (AvgIpc) is 2.92. The highest BCUT2D eigenvalue weighted by Gasteiger charge is 2.08. The fourth-order valence-corrected chi connectivity index (χ4v) is 5.07. The lowest BCUT2D eigenvalue weighted by Crippen LogP contribution is -2.00. The molecule has 0 amide bonds. The maximum atomic E-state index is 6.53. The van der Waals surface area contributed by atoms with Gasteiger partial charge >= 0.3 is 0 Å². The molecule has 5 aromatic rings. The largest absolute Gasteiger partial charge is 0.256 e. The molecule has 0 N–H and O–H groups in total. The van der Waals surface area contributed by atoms with Gasteiger partial charge in [-0.05, 0) is 97.2 Å². The summed E-state index contributed by atoms with van der Waals surface area (Å²) < 4.78 is 0. The van der Waals surface area contributed by atoms with Crippen LogP contribution in [0.3, 0.4) is 0 Å². The number of aryl methyl sites for hydroxylation is 6. The minimum atomic E-state index is 0.802. The summed E-state index contributed by atoms with van der Waals surface area (Å²) in [6.07, 6.45) is 7.81. The van der Waals surface area contributed by atoms with Crippen molar-refractivity contribution in [3.05, 3.63) is 142 Å². The molecule has 37 heavy (non-hydrogen) atoms. The summed E-state index contributed by atoms with van der Waals surface area (Å²) in [5.41, 5.74) is 12.0. The van der Waals surface area contributed by atoms with E-state index in [0.717, 1.165) is 53.2 Å². The van der Waals surface area contributed by atoms with Crippen LogP contribution in [-0.2, 0) is 25.7 Å². The molecule has 0 aliphatic heterocycles. The van der Waals surface area contributed by atoms with Gasteiger partial charge in [-0.25, -0.2) is 0 Å². The molecule has 0 atom stereocenters. The smallest absolute Gasteiger partial charge is 0.0704 e. The third kappa shape index (κ3) is 6.34. The van der Waals surface area contributed by atoms with E-state index in [9.17, 15) is 0 Å². The molecule has 0 bridgehead atoms. The van der Waals surface area contributed by atoms with Gasteiger partial charge in [-0.15, -0.1) is 0 Å². The van der Waals surface area contributed by atoms with Crippen LogP contribution in [0.5, 0.6) is 0 Å². The molecule has 3 heteroatoms. The van der Waals surface area contributed by atoms with Crippen molar-refractivity contribution in [3.63, 3.8) is 0 Å². The van der Waals surface area contributed by atoms with Crippen molar-refractivity contribution in [3.8, 4) is 22.5 Å². The quantitative estimate of drug-likeness (QED) is 0.212. The summed E-state index contributed by atoms with van der Waals surface area (Å²) >= 11 is 6.53. The fraction of sp³-hybridized carbons (Fsp3) is 0.176. The minimum Gasteiger partial charge on any atom is -0.256 e. The number of rotatable bonds is 8. The van der Waals surface area contributed by atoms with Crippen molar-refractivity contribution < 1.29 is 0 Å². The molecule has 0 unspecified atom stereocenters. The summed E-state index contributed by atoms with van der Waals surface area (Å²) in [5.74, 6) is 0. The van der Waals surface area contributed by atoms with Gasteiger partial charge in [0.15, 0.2) is 0 Å². The zero-order chi connectivity index (χ0) is 25.6. The van der Waals surface area contributed by atoms with Crippen molar-refractivity contribution in [2.75, 3.05) is 0 Å². The lowest BCUT2D eigenvalue weighted by Gasteiger charge is -2.11. The molecule has 0 aliphatic rings. The SMILES string of the molecule is Cc1cc(-c2ccccc2)ncc1CCc1cc(Cl)cc(CCc2cnc(-c3ccccc3)cc2C)c1. The number of benzene rings is 3. The first-order valence-electron chi connectivity index (χ1n) is 12.9. The molecular formula is C34H31ClN2. The minimum absolute atomic E-state index is 0.802. The lowest BCUT2D eigenvalue weighted by molar-refractivity contribution is 0.913. The molecule has 3 aromatic carbocycles. The van der Waals surface area contributed by atoms with Gasteiger partial charge in [0.25, 0.3) is 0 Å². The highest BCUT2D eigenvalue weighted by molar-refractivity contribution is 6.30. The van der Waals surface area contributed by atoms with E-state index in [1.54, 1.807) is 0 Å². The predicted molar refractivity (Wildman–Crippen MR) is 155 cm³/mol. The zero-order valence-corrected chi connectivity index (χ0v) is 22.2.